The van der Waals surface area contributed by atoms with E-state index in [1.54, 1.807) is 12.1 Å². The van der Waals surface area contributed by atoms with E-state index in [4.69, 9.17) is 10.5 Å². The minimum Gasteiger partial charge on any atom is -0.382 e. The van der Waals surface area contributed by atoms with Crippen LogP contribution in [0.5, 0.6) is 0 Å². The molecule has 3 heterocycles. The number of nitrogens with one attached hydrogen (secondary N) is 2. The van der Waals surface area contributed by atoms with Crippen LogP contribution >= 0.6 is 24.0 Å². The van der Waals surface area contributed by atoms with E-state index in [9.17, 15) is 9.65 Å². The lowest BCUT2D eigenvalue weighted by molar-refractivity contribution is 0.0992. The van der Waals surface area contributed by atoms with Crippen LogP contribution in [0.15, 0.2) is 29.3 Å². The molecule has 0 aliphatic carbocycles. The van der Waals surface area contributed by atoms with Crippen molar-refractivity contribution in [2.75, 3.05) is 18.8 Å². The standard InChI is InChI=1S/C22H28FN7O.HI/c1-2-26-22(28-19-12-16-9-10-20(19)31-16)27-11-3-4-18-17(13-24)21(25)30(29-18)15-7-5-14(23)6-8-15;/h5-8,16,19-20H,2-4,9-12,25H2,1H3,(H2,26,27,28);1H. The van der Waals surface area contributed by atoms with Gasteiger partial charge in [-0.2, -0.15) is 10.4 Å². The van der Waals surface area contributed by atoms with Crippen molar-refractivity contribution in [3.63, 3.8) is 0 Å². The van der Waals surface area contributed by atoms with E-state index in [0.717, 1.165) is 38.2 Å². The van der Waals surface area contributed by atoms with Crippen LogP contribution in [0.25, 0.3) is 5.69 Å². The minimum absolute atomic E-state index is 0. The molecule has 0 spiro atoms. The number of rotatable bonds is 7. The van der Waals surface area contributed by atoms with Gasteiger partial charge < -0.3 is 21.1 Å². The number of aliphatic imine (C=N–C) groups is 1. The fourth-order valence-electron chi connectivity index (χ4n) is 4.28. The second kappa shape index (κ2) is 11.0. The van der Waals surface area contributed by atoms with Crippen LogP contribution in [0.4, 0.5) is 10.2 Å². The van der Waals surface area contributed by atoms with Crippen LogP contribution in [0, 0.1) is 17.1 Å². The fourth-order valence-corrected chi connectivity index (χ4v) is 4.28. The number of ether oxygens (including phenoxy) is 1. The number of anilines is 1. The quantitative estimate of drug-likeness (QED) is 0.211. The number of hydrogen-bond acceptors (Lipinski definition) is 5. The van der Waals surface area contributed by atoms with Crippen LogP contribution in [0.3, 0.4) is 0 Å². The van der Waals surface area contributed by atoms with Gasteiger partial charge in [0.15, 0.2) is 5.96 Å². The molecule has 2 saturated heterocycles. The first-order valence-corrected chi connectivity index (χ1v) is 10.8. The molecule has 4 N–H and O–H groups in total. The highest BCUT2D eigenvalue weighted by atomic mass is 127. The Morgan fingerprint density at radius 1 is 1.38 bits per heavy atom. The molecule has 32 heavy (non-hydrogen) atoms. The number of halogens is 2. The van der Waals surface area contributed by atoms with Crippen LogP contribution in [0.1, 0.15) is 43.9 Å². The van der Waals surface area contributed by atoms with Crippen molar-refractivity contribution in [2.45, 2.75) is 57.3 Å². The SMILES string of the molecule is CCNC(=NCCCc1nn(-c2ccc(F)cc2)c(N)c1C#N)NC1CC2CCC1O2.I. The molecule has 10 heteroatoms. The molecule has 3 atom stereocenters. The lowest BCUT2D eigenvalue weighted by atomic mass is 9.96. The summed E-state index contributed by atoms with van der Waals surface area (Å²) in [6, 6.07) is 8.31. The third kappa shape index (κ3) is 5.32. The summed E-state index contributed by atoms with van der Waals surface area (Å²) in [6.45, 7) is 3.41. The number of guanidine groups is 1. The first-order valence-electron chi connectivity index (χ1n) is 10.8. The number of nitrogens with zero attached hydrogens (tertiary/aromatic N) is 4. The molecule has 172 valence electrons. The van der Waals surface area contributed by atoms with Crippen molar-refractivity contribution in [1.82, 2.24) is 20.4 Å². The van der Waals surface area contributed by atoms with Gasteiger partial charge in [-0.15, -0.1) is 24.0 Å². The summed E-state index contributed by atoms with van der Waals surface area (Å²) < 4.78 is 20.6. The largest absolute Gasteiger partial charge is 0.382 e. The number of nitrogen functional groups attached to an aromatic ring is 1. The maximum Gasteiger partial charge on any atom is 0.191 e. The molecule has 3 unspecified atom stereocenters. The van der Waals surface area contributed by atoms with Gasteiger partial charge in [-0.25, -0.2) is 9.07 Å². The zero-order valence-electron chi connectivity index (χ0n) is 18.1. The number of nitrogens with two attached hydrogens (primary N) is 1. The first kappa shape index (κ1) is 24.3. The van der Waals surface area contributed by atoms with Crippen molar-refractivity contribution in [1.29, 1.82) is 5.26 Å². The third-order valence-electron chi connectivity index (χ3n) is 5.79. The van der Waals surface area contributed by atoms with Gasteiger partial charge in [0.2, 0.25) is 0 Å². The Morgan fingerprint density at radius 3 is 2.78 bits per heavy atom. The van der Waals surface area contributed by atoms with Gasteiger partial charge in [0, 0.05) is 13.1 Å². The average molecular weight is 553 g/mol. The fraction of sp³-hybridized carbons (Fsp3) is 0.500. The van der Waals surface area contributed by atoms with Crippen LogP contribution in [-0.4, -0.2) is 47.1 Å². The van der Waals surface area contributed by atoms with Gasteiger partial charge >= 0.3 is 0 Å². The maximum atomic E-state index is 13.2. The number of nitriles is 1. The lowest BCUT2D eigenvalue weighted by Gasteiger charge is -2.22. The highest BCUT2D eigenvalue weighted by Gasteiger charge is 2.41. The number of aryl methyl sites for hydroxylation is 1. The smallest absolute Gasteiger partial charge is 0.191 e. The van der Waals surface area contributed by atoms with Crippen LogP contribution < -0.4 is 16.4 Å². The molecule has 2 aliphatic rings. The molecule has 2 bridgehead atoms. The third-order valence-corrected chi connectivity index (χ3v) is 5.79. The van der Waals surface area contributed by atoms with Gasteiger partial charge in [0.25, 0.3) is 0 Å². The van der Waals surface area contributed by atoms with Gasteiger partial charge in [0.1, 0.15) is 23.3 Å². The molecule has 2 aromatic rings. The van der Waals surface area contributed by atoms with Crippen molar-refractivity contribution in [2.24, 2.45) is 4.99 Å². The molecule has 0 saturated carbocycles. The Labute approximate surface area is 204 Å². The highest BCUT2D eigenvalue weighted by molar-refractivity contribution is 14.0. The van der Waals surface area contributed by atoms with E-state index in [0.29, 0.717) is 42.1 Å². The number of benzene rings is 1. The van der Waals surface area contributed by atoms with E-state index in [2.05, 4.69) is 26.8 Å². The molecule has 1 aromatic carbocycles. The zero-order chi connectivity index (χ0) is 21.8. The molecule has 1 aromatic heterocycles. The van der Waals surface area contributed by atoms with Crippen molar-refractivity contribution in [3.8, 4) is 11.8 Å². The Bertz CT molecular complexity index is 985. The molecule has 0 amide bonds. The maximum absolute atomic E-state index is 13.2. The number of fused-ring (bicyclic) bond motifs is 2. The summed E-state index contributed by atoms with van der Waals surface area (Å²) in [5.74, 6) is 0.717. The molecule has 8 nitrogen and oxygen atoms in total. The lowest BCUT2D eigenvalue weighted by Crippen LogP contribution is -2.47. The average Bonchev–Trinajstić information content (AvgIpc) is 3.46. The highest BCUT2D eigenvalue weighted by Crippen LogP contribution is 2.34. The predicted molar refractivity (Wildman–Crippen MR) is 132 cm³/mol. The van der Waals surface area contributed by atoms with Gasteiger partial charge in [0.05, 0.1) is 29.6 Å². The summed E-state index contributed by atoms with van der Waals surface area (Å²) in [6.07, 6.45) is 5.25. The van der Waals surface area contributed by atoms with E-state index < -0.39 is 0 Å². The van der Waals surface area contributed by atoms with Gasteiger partial charge in [-0.1, -0.05) is 0 Å². The monoisotopic (exact) mass is 553 g/mol. The molecule has 0 radical (unpaired) electrons. The van der Waals surface area contributed by atoms with E-state index in [-0.39, 0.29) is 41.7 Å². The Balaban J connectivity index is 0.00000289. The summed E-state index contributed by atoms with van der Waals surface area (Å²) >= 11 is 0. The number of aromatic nitrogens is 2. The second-order valence-electron chi connectivity index (χ2n) is 7.93. The second-order valence-corrected chi connectivity index (χ2v) is 7.93. The topological polar surface area (TPSA) is 113 Å². The first-order chi connectivity index (χ1) is 15.1. The van der Waals surface area contributed by atoms with E-state index in [1.165, 1.54) is 16.8 Å². The van der Waals surface area contributed by atoms with Crippen LogP contribution in [0.2, 0.25) is 0 Å². The molecule has 2 fully saturated rings. The summed E-state index contributed by atoms with van der Waals surface area (Å²) in [4.78, 5) is 4.68. The Hall–Kier alpha value is -2.39. The molecule has 4 rings (SSSR count). The zero-order valence-corrected chi connectivity index (χ0v) is 20.4. The summed E-state index contributed by atoms with van der Waals surface area (Å²) in [7, 11) is 0. The van der Waals surface area contributed by atoms with Gasteiger partial charge in [-0.05, 0) is 63.3 Å². The van der Waals surface area contributed by atoms with E-state index in [1.807, 2.05) is 6.92 Å². The number of hydrogen-bond donors (Lipinski definition) is 3. The minimum atomic E-state index is -0.338. The van der Waals surface area contributed by atoms with Crippen LogP contribution in [-0.2, 0) is 11.2 Å². The predicted octanol–water partition coefficient (Wildman–Crippen LogP) is 2.89. The van der Waals surface area contributed by atoms with E-state index >= 15 is 0 Å². The van der Waals surface area contributed by atoms with Crippen molar-refractivity contribution < 1.29 is 9.13 Å². The molecular weight excluding hydrogens is 524 g/mol. The molecular formula is C22H29FIN7O. The van der Waals surface area contributed by atoms with Crippen molar-refractivity contribution >= 4 is 35.8 Å². The Kier molecular flexibility index (Phi) is 8.31. The van der Waals surface area contributed by atoms with Gasteiger partial charge in [-0.3, -0.25) is 4.99 Å². The van der Waals surface area contributed by atoms with Crippen molar-refractivity contribution in [3.05, 3.63) is 41.3 Å². The molecule has 2 aliphatic heterocycles. The Morgan fingerprint density at radius 2 is 2.16 bits per heavy atom. The summed E-state index contributed by atoms with van der Waals surface area (Å²) in [5, 5.41) is 20.8. The normalized spacial score (nSPS) is 21.8. The summed E-state index contributed by atoms with van der Waals surface area (Å²) in [5.41, 5.74) is 7.72.